The third-order valence-electron chi connectivity index (χ3n) is 3.18. The molecule has 0 aromatic heterocycles. The summed E-state index contributed by atoms with van der Waals surface area (Å²) in [6.45, 7) is 1.59. The highest BCUT2D eigenvalue weighted by atomic mass is 35.5. The number of sulfonamides is 1. The Kier molecular flexibility index (Phi) is 6.16. The molecule has 0 radical (unpaired) electrons. The molecular weight excluding hydrogens is 387 g/mol. The van der Waals surface area contributed by atoms with Crippen LogP contribution in [-0.4, -0.2) is 27.5 Å². The molecule has 0 aliphatic heterocycles. The van der Waals surface area contributed by atoms with E-state index in [-0.39, 0.29) is 16.5 Å². The first-order valence-electron chi connectivity index (χ1n) is 7.18. The second-order valence-corrected chi connectivity index (χ2v) is 7.66. The Morgan fingerprint density at radius 3 is 2.16 bits per heavy atom. The minimum Gasteiger partial charge on any atom is -0.481 e. The van der Waals surface area contributed by atoms with Gasteiger partial charge in [0.25, 0.3) is 15.9 Å². The Bertz CT molecular complexity index is 850. The summed E-state index contributed by atoms with van der Waals surface area (Å²) in [7, 11) is -2.31. The number of hydrogen-bond donors (Lipinski definition) is 2. The highest BCUT2D eigenvalue weighted by molar-refractivity contribution is 7.92. The molecule has 2 rings (SSSR count). The van der Waals surface area contributed by atoms with Crippen LogP contribution >= 0.6 is 23.2 Å². The highest BCUT2D eigenvalue weighted by Gasteiger charge is 2.16. The van der Waals surface area contributed by atoms with Crippen molar-refractivity contribution in [1.29, 1.82) is 0 Å². The van der Waals surface area contributed by atoms with Crippen LogP contribution in [0.15, 0.2) is 47.4 Å². The smallest absolute Gasteiger partial charge is 0.261 e. The molecule has 2 aromatic rings. The van der Waals surface area contributed by atoms with E-state index in [1.807, 2.05) is 0 Å². The normalized spacial score (nSPS) is 12.3. The topological polar surface area (TPSA) is 84.5 Å². The van der Waals surface area contributed by atoms with Crippen molar-refractivity contribution >= 4 is 44.8 Å². The van der Waals surface area contributed by atoms with Crippen molar-refractivity contribution < 1.29 is 17.9 Å². The molecule has 9 heteroatoms. The standard InChI is InChI=1S/C16H16Cl2N2O4S/c1-10(16(21)19-2)24-14-3-5-15(6-4-14)25(22,23)20-13-8-11(17)7-12(18)9-13/h3-10,20H,1-2H3,(H,19,21)/t10-/m0/s1. The van der Waals surface area contributed by atoms with E-state index in [0.717, 1.165) is 0 Å². The number of ether oxygens (including phenoxy) is 1. The summed E-state index contributed by atoms with van der Waals surface area (Å²) in [6, 6.07) is 10.1. The van der Waals surface area contributed by atoms with Crippen LogP contribution in [0.1, 0.15) is 6.92 Å². The quantitative estimate of drug-likeness (QED) is 0.775. The van der Waals surface area contributed by atoms with E-state index in [0.29, 0.717) is 15.8 Å². The van der Waals surface area contributed by atoms with Crippen LogP contribution in [0.2, 0.25) is 10.0 Å². The SMILES string of the molecule is CNC(=O)[C@H](C)Oc1ccc(S(=O)(=O)Nc2cc(Cl)cc(Cl)c2)cc1. The Labute approximate surface area is 156 Å². The van der Waals surface area contributed by atoms with Gasteiger partial charge in [0.2, 0.25) is 0 Å². The number of carbonyl (C=O) groups excluding carboxylic acids is 1. The Morgan fingerprint density at radius 1 is 1.08 bits per heavy atom. The van der Waals surface area contributed by atoms with Crippen molar-refractivity contribution in [3.8, 4) is 5.75 Å². The molecule has 6 nitrogen and oxygen atoms in total. The largest absolute Gasteiger partial charge is 0.481 e. The number of hydrogen-bond acceptors (Lipinski definition) is 4. The van der Waals surface area contributed by atoms with Crippen LogP contribution in [0.25, 0.3) is 0 Å². The maximum atomic E-state index is 12.4. The molecule has 0 heterocycles. The van der Waals surface area contributed by atoms with Gasteiger partial charge in [-0.3, -0.25) is 9.52 Å². The van der Waals surface area contributed by atoms with Crippen LogP contribution in [0.4, 0.5) is 5.69 Å². The van der Waals surface area contributed by atoms with Gasteiger partial charge in [0.15, 0.2) is 6.10 Å². The third kappa shape index (κ3) is 5.26. The van der Waals surface area contributed by atoms with Crippen LogP contribution < -0.4 is 14.8 Å². The number of rotatable bonds is 6. The molecule has 0 aliphatic carbocycles. The second-order valence-electron chi connectivity index (χ2n) is 5.11. The maximum Gasteiger partial charge on any atom is 0.261 e. The van der Waals surface area contributed by atoms with Crippen LogP contribution in [0, 0.1) is 0 Å². The fourth-order valence-electron chi connectivity index (χ4n) is 1.99. The lowest BCUT2D eigenvalue weighted by atomic mass is 10.3. The van der Waals surface area contributed by atoms with E-state index >= 15 is 0 Å². The molecule has 0 spiro atoms. The number of likely N-dealkylation sites (N-methyl/N-ethyl adjacent to an activating group) is 1. The Balaban J connectivity index is 2.16. The van der Waals surface area contributed by atoms with E-state index in [4.69, 9.17) is 27.9 Å². The first kappa shape index (κ1) is 19.4. The van der Waals surface area contributed by atoms with E-state index in [1.165, 1.54) is 49.5 Å². The van der Waals surface area contributed by atoms with Crippen molar-refractivity contribution in [2.45, 2.75) is 17.9 Å². The van der Waals surface area contributed by atoms with E-state index in [2.05, 4.69) is 10.0 Å². The summed E-state index contributed by atoms with van der Waals surface area (Å²) < 4.78 is 32.6. The van der Waals surface area contributed by atoms with Gasteiger partial charge < -0.3 is 10.1 Å². The monoisotopic (exact) mass is 402 g/mol. The minimum absolute atomic E-state index is 0.0311. The summed E-state index contributed by atoms with van der Waals surface area (Å²) in [5.74, 6) is 0.0945. The molecule has 0 saturated carbocycles. The van der Waals surface area contributed by atoms with Gasteiger partial charge in [-0.15, -0.1) is 0 Å². The lowest BCUT2D eigenvalue weighted by Gasteiger charge is -2.14. The van der Waals surface area contributed by atoms with E-state index < -0.39 is 16.1 Å². The van der Waals surface area contributed by atoms with Crippen molar-refractivity contribution in [1.82, 2.24) is 5.32 Å². The minimum atomic E-state index is -3.82. The number of anilines is 1. The molecule has 1 amide bonds. The molecule has 134 valence electrons. The first-order valence-corrected chi connectivity index (χ1v) is 9.42. The summed E-state index contributed by atoms with van der Waals surface area (Å²) in [5, 5.41) is 3.10. The molecule has 0 unspecified atom stereocenters. The van der Waals surface area contributed by atoms with Crippen molar-refractivity contribution in [2.75, 3.05) is 11.8 Å². The van der Waals surface area contributed by atoms with Crippen LogP contribution in [0.3, 0.4) is 0 Å². The molecule has 0 fully saturated rings. The molecule has 0 bridgehead atoms. The number of amides is 1. The van der Waals surface area contributed by atoms with Crippen LogP contribution in [-0.2, 0) is 14.8 Å². The lowest BCUT2D eigenvalue weighted by Crippen LogP contribution is -2.33. The van der Waals surface area contributed by atoms with Gasteiger partial charge in [0.1, 0.15) is 5.75 Å². The number of halogens is 2. The Morgan fingerprint density at radius 2 is 1.64 bits per heavy atom. The zero-order chi connectivity index (χ0) is 18.6. The van der Waals surface area contributed by atoms with Gasteiger partial charge in [-0.05, 0) is 49.4 Å². The second kappa shape index (κ2) is 7.95. The van der Waals surface area contributed by atoms with Crippen LogP contribution in [0.5, 0.6) is 5.75 Å². The molecule has 2 aromatic carbocycles. The van der Waals surface area contributed by atoms with Gasteiger partial charge in [-0.1, -0.05) is 23.2 Å². The predicted octanol–water partition coefficient (Wildman–Crippen LogP) is 3.31. The van der Waals surface area contributed by atoms with Gasteiger partial charge in [0.05, 0.1) is 10.6 Å². The first-order chi connectivity index (χ1) is 11.7. The maximum absolute atomic E-state index is 12.4. The summed E-state index contributed by atoms with van der Waals surface area (Å²) in [5.41, 5.74) is 0.256. The molecular formula is C16H16Cl2N2O4S. The van der Waals surface area contributed by atoms with Gasteiger partial charge in [0, 0.05) is 17.1 Å². The summed E-state index contributed by atoms with van der Waals surface area (Å²) in [6.07, 6.45) is -0.695. The average Bonchev–Trinajstić information content (AvgIpc) is 2.53. The Hall–Kier alpha value is -1.96. The third-order valence-corrected chi connectivity index (χ3v) is 5.01. The van der Waals surface area contributed by atoms with E-state index in [1.54, 1.807) is 6.92 Å². The van der Waals surface area contributed by atoms with Gasteiger partial charge in [-0.2, -0.15) is 0 Å². The fraction of sp³-hybridized carbons (Fsp3) is 0.188. The predicted molar refractivity (Wildman–Crippen MR) is 97.9 cm³/mol. The fourth-order valence-corrected chi connectivity index (χ4v) is 3.55. The zero-order valence-corrected chi connectivity index (χ0v) is 15.7. The summed E-state index contributed by atoms with van der Waals surface area (Å²) >= 11 is 11.7. The highest BCUT2D eigenvalue weighted by Crippen LogP contribution is 2.25. The molecule has 2 N–H and O–H groups in total. The van der Waals surface area contributed by atoms with Crippen molar-refractivity contribution in [2.24, 2.45) is 0 Å². The van der Waals surface area contributed by atoms with Crippen molar-refractivity contribution in [3.63, 3.8) is 0 Å². The number of benzene rings is 2. The van der Waals surface area contributed by atoms with Crippen molar-refractivity contribution in [3.05, 3.63) is 52.5 Å². The lowest BCUT2D eigenvalue weighted by molar-refractivity contribution is -0.126. The molecule has 25 heavy (non-hydrogen) atoms. The summed E-state index contributed by atoms with van der Waals surface area (Å²) in [4.78, 5) is 11.5. The average molecular weight is 403 g/mol. The number of nitrogens with one attached hydrogen (secondary N) is 2. The van der Waals surface area contributed by atoms with Gasteiger partial charge >= 0.3 is 0 Å². The molecule has 0 saturated heterocycles. The molecule has 0 aliphatic rings. The van der Waals surface area contributed by atoms with Gasteiger partial charge in [-0.25, -0.2) is 8.42 Å². The zero-order valence-electron chi connectivity index (χ0n) is 13.4. The molecule has 1 atom stereocenters. The van der Waals surface area contributed by atoms with E-state index in [9.17, 15) is 13.2 Å². The number of carbonyl (C=O) groups is 1.